The Bertz CT molecular complexity index is 284. The van der Waals surface area contributed by atoms with Gasteiger partial charge in [-0.25, -0.2) is 5.10 Å². The van der Waals surface area contributed by atoms with Crippen molar-refractivity contribution < 1.29 is 4.74 Å². The van der Waals surface area contributed by atoms with E-state index in [-0.39, 0.29) is 5.56 Å². The zero-order valence-electron chi connectivity index (χ0n) is 6.91. The van der Waals surface area contributed by atoms with Gasteiger partial charge in [-0.3, -0.25) is 4.79 Å². The lowest BCUT2D eigenvalue weighted by Crippen LogP contribution is -2.16. The highest BCUT2D eigenvalue weighted by molar-refractivity contribution is 5.01. The Morgan fingerprint density at radius 1 is 1.67 bits per heavy atom. The maximum absolute atomic E-state index is 11.0. The molecular weight excluding hydrogens is 158 g/mol. The normalized spacial score (nSPS) is 10.1. The molecular formula is C7H11N3O2. The predicted octanol–water partition coefficient (Wildman–Crippen LogP) is -0.256. The van der Waals surface area contributed by atoms with Gasteiger partial charge < -0.3 is 4.74 Å². The second-order valence-corrected chi connectivity index (χ2v) is 2.26. The van der Waals surface area contributed by atoms with Gasteiger partial charge in [-0.2, -0.15) is 0 Å². The average Bonchev–Trinajstić information content (AvgIpc) is 2.09. The molecule has 0 spiro atoms. The number of rotatable bonds is 4. The fourth-order valence-electron chi connectivity index (χ4n) is 0.808. The molecule has 5 heteroatoms. The second-order valence-electron chi connectivity index (χ2n) is 2.26. The molecule has 0 fully saturated rings. The van der Waals surface area contributed by atoms with Crippen LogP contribution in [0.4, 0.5) is 0 Å². The van der Waals surface area contributed by atoms with Crippen molar-refractivity contribution in [2.24, 2.45) is 0 Å². The SMILES string of the molecule is CCOCCc1cnn[nH]c1=O. The number of hydrogen-bond acceptors (Lipinski definition) is 4. The van der Waals surface area contributed by atoms with E-state index in [0.29, 0.717) is 25.2 Å². The topological polar surface area (TPSA) is 67.9 Å². The first-order valence-electron chi connectivity index (χ1n) is 3.81. The molecule has 12 heavy (non-hydrogen) atoms. The van der Waals surface area contributed by atoms with Crippen LogP contribution in [0.5, 0.6) is 0 Å². The first-order valence-corrected chi connectivity index (χ1v) is 3.81. The Morgan fingerprint density at radius 3 is 3.17 bits per heavy atom. The summed E-state index contributed by atoms with van der Waals surface area (Å²) in [6.45, 7) is 3.12. The summed E-state index contributed by atoms with van der Waals surface area (Å²) in [5.41, 5.74) is 0.420. The molecule has 0 saturated heterocycles. The van der Waals surface area contributed by atoms with Crippen LogP contribution in [0.3, 0.4) is 0 Å². The van der Waals surface area contributed by atoms with Gasteiger partial charge in [0.15, 0.2) is 0 Å². The molecule has 0 bridgehead atoms. The minimum atomic E-state index is -0.190. The molecule has 1 aromatic heterocycles. The second kappa shape index (κ2) is 4.61. The molecule has 66 valence electrons. The first-order chi connectivity index (χ1) is 5.84. The van der Waals surface area contributed by atoms with Gasteiger partial charge in [-0.15, -0.1) is 5.10 Å². The van der Waals surface area contributed by atoms with Crippen LogP contribution in [0.15, 0.2) is 11.0 Å². The van der Waals surface area contributed by atoms with Crippen molar-refractivity contribution in [3.05, 3.63) is 22.1 Å². The lowest BCUT2D eigenvalue weighted by atomic mass is 10.2. The third-order valence-electron chi connectivity index (χ3n) is 1.43. The molecule has 0 aliphatic carbocycles. The predicted molar refractivity (Wildman–Crippen MR) is 42.8 cm³/mol. The Morgan fingerprint density at radius 2 is 2.50 bits per heavy atom. The van der Waals surface area contributed by atoms with E-state index >= 15 is 0 Å². The fourth-order valence-corrected chi connectivity index (χ4v) is 0.808. The number of H-pyrrole nitrogens is 1. The number of nitrogens with one attached hydrogen (secondary N) is 1. The Labute approximate surface area is 69.8 Å². The average molecular weight is 169 g/mol. The highest BCUT2D eigenvalue weighted by Gasteiger charge is 1.98. The third kappa shape index (κ3) is 2.43. The molecule has 0 atom stereocenters. The van der Waals surface area contributed by atoms with Crippen LogP contribution in [-0.2, 0) is 11.2 Å². The van der Waals surface area contributed by atoms with E-state index in [0.717, 1.165) is 0 Å². The monoisotopic (exact) mass is 169 g/mol. The molecule has 0 aromatic carbocycles. The van der Waals surface area contributed by atoms with Gasteiger partial charge in [-0.1, -0.05) is 5.21 Å². The maximum atomic E-state index is 11.0. The zero-order valence-corrected chi connectivity index (χ0v) is 6.91. The van der Waals surface area contributed by atoms with Crippen molar-refractivity contribution >= 4 is 0 Å². The van der Waals surface area contributed by atoms with Crippen molar-refractivity contribution in [1.29, 1.82) is 0 Å². The molecule has 0 amide bonds. The van der Waals surface area contributed by atoms with Crippen LogP contribution in [0.1, 0.15) is 12.5 Å². The lowest BCUT2D eigenvalue weighted by Gasteiger charge is -1.98. The van der Waals surface area contributed by atoms with Crippen molar-refractivity contribution in [1.82, 2.24) is 15.4 Å². The third-order valence-corrected chi connectivity index (χ3v) is 1.43. The largest absolute Gasteiger partial charge is 0.381 e. The summed E-state index contributed by atoms with van der Waals surface area (Å²) in [6, 6.07) is 0. The number of ether oxygens (including phenoxy) is 1. The van der Waals surface area contributed by atoms with E-state index < -0.39 is 0 Å². The maximum Gasteiger partial charge on any atom is 0.270 e. The molecule has 5 nitrogen and oxygen atoms in total. The van der Waals surface area contributed by atoms with Crippen LogP contribution in [-0.4, -0.2) is 28.6 Å². The molecule has 1 rings (SSSR count). The standard InChI is InChI=1S/C7H11N3O2/c1-2-12-4-3-6-5-8-10-9-7(6)11/h5H,2-4H2,1H3,(H,8,9,11). The molecule has 0 saturated carbocycles. The van der Waals surface area contributed by atoms with Gasteiger partial charge >= 0.3 is 0 Å². The molecule has 0 aliphatic rings. The van der Waals surface area contributed by atoms with Crippen molar-refractivity contribution in [2.75, 3.05) is 13.2 Å². The number of aromatic amines is 1. The van der Waals surface area contributed by atoms with Gasteiger partial charge in [0.1, 0.15) is 0 Å². The molecule has 0 radical (unpaired) electrons. The summed E-state index contributed by atoms with van der Waals surface area (Å²) in [6.07, 6.45) is 2.04. The van der Waals surface area contributed by atoms with Crippen LogP contribution in [0.2, 0.25) is 0 Å². The number of aromatic nitrogens is 3. The first kappa shape index (κ1) is 8.86. The summed E-state index contributed by atoms with van der Waals surface area (Å²) in [5, 5.41) is 9.16. The summed E-state index contributed by atoms with van der Waals surface area (Å²) in [4.78, 5) is 11.0. The Balaban J connectivity index is 2.52. The van der Waals surface area contributed by atoms with E-state index in [1.165, 1.54) is 6.20 Å². The van der Waals surface area contributed by atoms with Crippen LogP contribution in [0.25, 0.3) is 0 Å². The van der Waals surface area contributed by atoms with Crippen molar-refractivity contribution in [3.8, 4) is 0 Å². The molecule has 1 aromatic rings. The molecule has 0 unspecified atom stereocenters. The van der Waals surface area contributed by atoms with E-state index in [1.54, 1.807) is 0 Å². The Hall–Kier alpha value is -1.23. The summed E-state index contributed by atoms with van der Waals surface area (Å²) < 4.78 is 5.09. The van der Waals surface area contributed by atoms with Gasteiger partial charge in [0.05, 0.1) is 12.8 Å². The van der Waals surface area contributed by atoms with Crippen molar-refractivity contribution in [2.45, 2.75) is 13.3 Å². The Kier molecular flexibility index (Phi) is 3.40. The smallest absolute Gasteiger partial charge is 0.270 e. The molecule has 1 heterocycles. The van der Waals surface area contributed by atoms with Crippen LogP contribution in [0, 0.1) is 0 Å². The number of hydrogen-bond donors (Lipinski definition) is 1. The minimum Gasteiger partial charge on any atom is -0.381 e. The van der Waals surface area contributed by atoms with E-state index in [1.807, 2.05) is 6.92 Å². The fraction of sp³-hybridized carbons (Fsp3) is 0.571. The minimum absolute atomic E-state index is 0.190. The van der Waals surface area contributed by atoms with Crippen LogP contribution < -0.4 is 5.56 Å². The summed E-state index contributed by atoms with van der Waals surface area (Å²) in [7, 11) is 0. The van der Waals surface area contributed by atoms with Gasteiger partial charge in [0.2, 0.25) is 0 Å². The zero-order chi connectivity index (χ0) is 8.81. The highest BCUT2D eigenvalue weighted by atomic mass is 16.5. The quantitative estimate of drug-likeness (QED) is 0.631. The number of nitrogens with zero attached hydrogens (tertiary/aromatic N) is 2. The van der Waals surface area contributed by atoms with Gasteiger partial charge in [0.25, 0.3) is 5.56 Å². The molecule has 0 aliphatic heterocycles. The van der Waals surface area contributed by atoms with Gasteiger partial charge in [0, 0.05) is 18.6 Å². The van der Waals surface area contributed by atoms with Crippen LogP contribution >= 0.6 is 0 Å². The van der Waals surface area contributed by atoms with E-state index in [2.05, 4.69) is 15.4 Å². The summed E-state index contributed by atoms with van der Waals surface area (Å²) in [5.74, 6) is 0. The lowest BCUT2D eigenvalue weighted by molar-refractivity contribution is 0.150. The summed E-state index contributed by atoms with van der Waals surface area (Å²) >= 11 is 0. The van der Waals surface area contributed by atoms with Gasteiger partial charge in [-0.05, 0) is 6.92 Å². The molecule has 1 N–H and O–H groups in total. The van der Waals surface area contributed by atoms with Crippen molar-refractivity contribution in [3.63, 3.8) is 0 Å². The van der Waals surface area contributed by atoms with E-state index in [9.17, 15) is 4.79 Å². The highest BCUT2D eigenvalue weighted by Crippen LogP contribution is 1.87. The van der Waals surface area contributed by atoms with E-state index in [4.69, 9.17) is 4.74 Å².